The van der Waals surface area contributed by atoms with Crippen molar-refractivity contribution in [2.75, 3.05) is 81.7 Å². The van der Waals surface area contributed by atoms with Crippen molar-refractivity contribution in [1.29, 1.82) is 0 Å². The van der Waals surface area contributed by atoms with E-state index >= 15 is 0 Å². The minimum atomic E-state index is -1.90. The number of aryl methyl sites for hydroxylation is 2. The van der Waals surface area contributed by atoms with E-state index in [0.717, 1.165) is 11.1 Å². The number of nitrogens with zero attached hydrogens (tertiary/aromatic N) is 4. The van der Waals surface area contributed by atoms with E-state index in [1.165, 1.54) is 28.1 Å². The Kier molecular flexibility index (Phi) is 45.0. The number of rotatable bonds is 27. The third kappa shape index (κ3) is 31.4. The van der Waals surface area contributed by atoms with Crippen LogP contribution < -0.4 is 11.1 Å². The lowest BCUT2D eigenvalue weighted by Gasteiger charge is -2.48. The van der Waals surface area contributed by atoms with Gasteiger partial charge in [0.1, 0.15) is 60.0 Å². The molecular formula is C98H172N6O27. The molecule has 0 spiro atoms. The normalized spacial score (nSPS) is 41.5. The van der Waals surface area contributed by atoms with Gasteiger partial charge in [0.25, 0.3) is 0 Å². The third-order valence-electron chi connectivity index (χ3n) is 28.6. The molecule has 6 aliphatic heterocycles. The van der Waals surface area contributed by atoms with E-state index in [0.29, 0.717) is 84.2 Å². The van der Waals surface area contributed by atoms with Gasteiger partial charge in [0, 0.05) is 102 Å². The van der Waals surface area contributed by atoms with Crippen LogP contribution in [0.2, 0.25) is 0 Å². The molecule has 2 aromatic rings. The summed E-state index contributed by atoms with van der Waals surface area (Å²) in [5.41, 5.74) is -0.968. The number of hydrogen-bond acceptors (Lipinski definition) is 31. The second-order valence-corrected chi connectivity index (χ2v) is 40.7. The number of methoxy groups -OCH3 is 2. The zero-order valence-corrected chi connectivity index (χ0v) is 83.6. The van der Waals surface area contributed by atoms with Crippen LogP contribution >= 0.6 is 0 Å². The van der Waals surface area contributed by atoms with E-state index in [1.54, 1.807) is 69.2 Å². The number of cyclic esters (lactones) is 2. The van der Waals surface area contributed by atoms with Crippen molar-refractivity contribution >= 4 is 23.8 Å². The lowest BCUT2D eigenvalue weighted by atomic mass is 9.77. The van der Waals surface area contributed by atoms with Crippen LogP contribution in [-0.2, 0) is 88.9 Å². The highest BCUT2D eigenvalue weighted by atomic mass is 16.7. The van der Waals surface area contributed by atoms with Crippen LogP contribution in [0, 0.1) is 35.5 Å². The molecule has 33 nitrogen and oxygen atoms in total. The summed E-state index contributed by atoms with van der Waals surface area (Å²) in [7, 11) is 10.5. The Morgan fingerprint density at radius 1 is 0.511 bits per heavy atom. The minimum Gasteiger partial charge on any atom is -0.481 e. The fourth-order valence-electron chi connectivity index (χ4n) is 20.5. The van der Waals surface area contributed by atoms with Crippen molar-refractivity contribution < 1.29 is 132 Å². The van der Waals surface area contributed by atoms with Crippen molar-refractivity contribution in [3.05, 3.63) is 71.8 Å². The first-order valence-corrected chi connectivity index (χ1v) is 47.9. The molecule has 756 valence electrons. The molecule has 0 radical (unpaired) electrons. The SMILES string of the molecule is CC[C@H]1OC(=O)[C@H](C)[C@@H](O[C@H]2C[C@@](C)(OC)[C@@H](O)[C@H](C)O2)[C@H](C)[C@@H](O[C@@H]2O[C@H](C)C[C@H](N(C)C)[C@H]2O)[C@](C)(O)C[C@@H](C)CN(CCCN)[C@H](C)[C@@H](O)[C@]1(C)O.CC[C@H]1OC(=O)[C@H](C)[C@@H](O[C@H]2C[C@@](C)(OC)[C@@H](O)[C@H](C)O2)[C@H](C)[C@@H](O[C@@H]2O[C@H](C)C[C@H](N(C)C)[C@H]2O)[C@](C)(O)C[C@@H](C)CN(CCCNC(=O)CCc2ccccc2)[C@H](C)[C@@H](O)[C@]1(C)O.O=C(O)CCc1ccccc1. The number of carboxylic acids is 1. The molecule has 36 atom stereocenters. The van der Waals surface area contributed by atoms with E-state index in [9.17, 15) is 70.2 Å². The number of nitrogens with one attached hydrogen (secondary N) is 1. The highest BCUT2D eigenvalue weighted by Crippen LogP contribution is 2.44. The van der Waals surface area contributed by atoms with Crippen LogP contribution in [-0.4, -0.2) is 362 Å². The molecule has 0 unspecified atom stereocenters. The largest absolute Gasteiger partial charge is 0.481 e. The van der Waals surface area contributed by atoms with Gasteiger partial charge in [0.2, 0.25) is 5.91 Å². The van der Waals surface area contributed by atoms with Crippen molar-refractivity contribution in [3.8, 4) is 0 Å². The topological polar surface area (TPSA) is 453 Å². The Labute approximate surface area is 781 Å². The predicted octanol–water partition coefficient (Wildman–Crippen LogP) is 6.73. The number of ether oxygens (including phenoxy) is 12. The van der Waals surface area contributed by atoms with Gasteiger partial charge in [0.15, 0.2) is 25.2 Å². The van der Waals surface area contributed by atoms with E-state index in [4.69, 9.17) is 67.7 Å². The van der Waals surface area contributed by atoms with Gasteiger partial charge >= 0.3 is 17.9 Å². The fourth-order valence-corrected chi connectivity index (χ4v) is 20.5. The number of hydrogen-bond donors (Lipinski definition) is 13. The summed E-state index contributed by atoms with van der Waals surface area (Å²) in [5, 5.41) is 130. The van der Waals surface area contributed by atoms with Gasteiger partial charge in [-0.15, -0.1) is 0 Å². The smallest absolute Gasteiger partial charge is 0.311 e. The number of amides is 1. The van der Waals surface area contributed by atoms with Crippen LogP contribution in [0.1, 0.15) is 227 Å². The highest BCUT2D eigenvalue weighted by molar-refractivity contribution is 5.76. The van der Waals surface area contributed by atoms with E-state index < -0.39 is 198 Å². The Bertz CT molecular complexity index is 3690. The van der Waals surface area contributed by atoms with Crippen LogP contribution in [0.5, 0.6) is 0 Å². The van der Waals surface area contributed by atoms with Gasteiger partial charge in [0.05, 0.1) is 83.1 Å². The molecule has 0 aliphatic carbocycles. The Balaban J connectivity index is 0.000000364. The second-order valence-electron chi connectivity index (χ2n) is 40.7. The summed E-state index contributed by atoms with van der Waals surface area (Å²) in [6, 6.07) is 17.6. The van der Waals surface area contributed by atoms with Crippen LogP contribution in [0.15, 0.2) is 60.7 Å². The van der Waals surface area contributed by atoms with Crippen LogP contribution in [0.3, 0.4) is 0 Å². The Hall–Kier alpha value is -4.68. The number of benzene rings is 2. The zero-order valence-electron chi connectivity index (χ0n) is 83.6. The first-order valence-electron chi connectivity index (χ1n) is 47.9. The predicted molar refractivity (Wildman–Crippen MR) is 495 cm³/mol. The van der Waals surface area contributed by atoms with Crippen molar-refractivity contribution in [2.45, 2.75) is 409 Å². The summed E-state index contributed by atoms with van der Waals surface area (Å²) in [4.78, 5) is 59.8. The molecule has 0 saturated carbocycles. The van der Waals surface area contributed by atoms with Gasteiger partial charge in [-0.1, -0.05) is 102 Å². The number of carboxylic acid groups (broad SMARTS) is 1. The van der Waals surface area contributed by atoms with Crippen LogP contribution in [0.25, 0.3) is 0 Å². The van der Waals surface area contributed by atoms with Gasteiger partial charge in [-0.25, -0.2) is 0 Å². The quantitative estimate of drug-likeness (QED) is 0.0325. The van der Waals surface area contributed by atoms with Gasteiger partial charge in [-0.05, 0) is 225 Å². The molecule has 6 fully saturated rings. The first-order chi connectivity index (χ1) is 61.1. The summed E-state index contributed by atoms with van der Waals surface area (Å²) in [6.45, 7) is 37.8. The van der Waals surface area contributed by atoms with Crippen molar-refractivity contribution in [1.82, 2.24) is 24.9 Å². The molecule has 14 N–H and O–H groups in total. The number of aliphatic hydroxyl groups is 10. The number of carbonyl (C=O) groups excluding carboxylic acids is 3. The lowest BCUT2D eigenvalue weighted by Crippen LogP contribution is -2.60. The molecule has 6 saturated heterocycles. The number of aliphatic carboxylic acids is 1. The maximum atomic E-state index is 14.5. The van der Waals surface area contributed by atoms with Crippen molar-refractivity contribution in [2.24, 2.45) is 41.2 Å². The van der Waals surface area contributed by atoms with E-state index in [2.05, 4.69) is 10.2 Å². The average Bonchev–Trinajstić information content (AvgIpc) is 1.68. The monoisotopic (exact) mass is 1870 g/mol. The molecule has 33 heteroatoms. The summed E-state index contributed by atoms with van der Waals surface area (Å²) >= 11 is 0. The summed E-state index contributed by atoms with van der Waals surface area (Å²) < 4.78 is 75.8. The standard InChI is InChI=1S/C49H85N3O13.C40H77N3O12.C9H10O2/c1-14-37-49(10,59)42(55)33(6)52(24-18-23-50-38(53)22-21-35-19-16-15-17-20-35)28-29(2)26-47(8,58)44(65-46-40(54)36(51(11)12)25-30(3)61-46)31(4)41(32(5)45(57)63-37)64-39-27-48(9,60-13)43(56)34(7)62-39;1-14-29-40(10,49)33(45)26(6)43(17-15-16-41)21-22(2)19-38(8,48)35(55-37-31(44)28(42(11)12)18-23(3)51-37)24(4)32(25(5)36(47)53-29)54-30-20-39(9,50-13)34(46)27(7)52-30;10-9(11)7-6-8-4-2-1-3-5-8/h15-17,19-20,29-34,36-37,39-44,46,54-56,58-59H,14,18,21-28H2,1-13H3,(H,50,53);22-35,37,44-46,48-49H,14-21,41H2,1-13H3;1-5H,6-7H2,(H,10,11)/t29-,30-,31+,32-,33-,34+,36+,37-,39+,40-,41+,42-,43+,44-,46+,47-,48-,49-;22-,23-,24+,25-,26-,27+,28+,29-,30+,31-,32+,33-,34+,35-,37+,38-,39-,40-;/m11./s1. The highest BCUT2D eigenvalue weighted by Gasteiger charge is 2.57. The third-order valence-corrected chi connectivity index (χ3v) is 28.6. The Morgan fingerprint density at radius 2 is 0.870 bits per heavy atom. The number of esters is 2. The number of aliphatic hydroxyl groups excluding tert-OH is 6. The molecular weight excluding hydrogens is 1690 g/mol. The maximum Gasteiger partial charge on any atom is 0.311 e. The minimum absolute atomic E-state index is 0.0659. The zero-order chi connectivity index (χ0) is 98.5. The molecule has 0 aromatic heterocycles. The molecule has 1 amide bonds. The molecule has 2 aromatic carbocycles. The number of carbonyl (C=O) groups is 4. The second kappa shape index (κ2) is 51.3. The molecule has 6 aliphatic rings. The van der Waals surface area contributed by atoms with Gasteiger partial charge in [-0.3, -0.25) is 29.0 Å². The van der Waals surface area contributed by atoms with E-state index in [-0.39, 0.29) is 87.0 Å². The number of nitrogens with two attached hydrogens (primary N) is 1. The number of likely N-dealkylation sites (N-methyl/N-ethyl adjacent to an activating group) is 2. The summed E-state index contributed by atoms with van der Waals surface area (Å²) in [6.07, 6.45) is -14.3. The maximum absolute atomic E-state index is 14.5. The van der Waals surface area contributed by atoms with Crippen LogP contribution in [0.4, 0.5) is 0 Å². The average molecular weight is 1870 g/mol. The Morgan fingerprint density at radius 3 is 1.21 bits per heavy atom. The fraction of sp³-hybridized carbons (Fsp3) is 0.837. The van der Waals surface area contributed by atoms with Gasteiger partial charge < -0.3 is 134 Å². The summed E-state index contributed by atoms with van der Waals surface area (Å²) in [5.74, 6) is -6.29. The first kappa shape index (κ1) is 115. The molecule has 131 heavy (non-hydrogen) atoms. The molecule has 0 bridgehead atoms. The molecule has 6 heterocycles. The van der Waals surface area contributed by atoms with Gasteiger partial charge in [-0.2, -0.15) is 0 Å². The molecule has 8 rings (SSSR count). The lowest BCUT2D eigenvalue weighted by molar-refractivity contribution is -0.318. The van der Waals surface area contributed by atoms with E-state index in [1.807, 2.05) is 159 Å². The van der Waals surface area contributed by atoms with Crippen molar-refractivity contribution in [3.63, 3.8) is 0 Å².